The van der Waals surface area contributed by atoms with Crippen LogP contribution in [0.1, 0.15) is 25.0 Å². The first-order valence-electron chi connectivity index (χ1n) is 3.65. The van der Waals surface area contributed by atoms with Crippen LogP contribution in [0.3, 0.4) is 0 Å². The van der Waals surface area contributed by atoms with Crippen molar-refractivity contribution in [1.82, 2.24) is 10.2 Å². The van der Waals surface area contributed by atoms with Gasteiger partial charge < -0.3 is 0 Å². The van der Waals surface area contributed by atoms with Gasteiger partial charge in [-0.3, -0.25) is 5.10 Å². The molecule has 0 amide bonds. The normalized spacial score (nSPS) is 14.5. The lowest BCUT2D eigenvalue weighted by Gasteiger charge is -2.12. The molecule has 0 aromatic carbocycles. The van der Waals surface area contributed by atoms with Gasteiger partial charge in [-0.15, -0.1) is 0 Å². The molecule has 0 fully saturated rings. The molecule has 0 saturated heterocycles. The molecule has 1 unspecified atom stereocenters. The SMILES string of the molecule is CC(CC(F)(F)F)c1[nH]ncc1Br. The van der Waals surface area contributed by atoms with Gasteiger partial charge in [0.2, 0.25) is 0 Å². The topological polar surface area (TPSA) is 28.7 Å². The molecular weight excluding hydrogens is 249 g/mol. The molecule has 13 heavy (non-hydrogen) atoms. The summed E-state index contributed by atoms with van der Waals surface area (Å²) in [5.41, 5.74) is 0.484. The maximum absolute atomic E-state index is 12.0. The molecule has 0 aliphatic rings. The minimum Gasteiger partial charge on any atom is -0.281 e. The van der Waals surface area contributed by atoms with Crippen LogP contribution in [0.15, 0.2) is 10.7 Å². The van der Waals surface area contributed by atoms with E-state index in [1.54, 1.807) is 0 Å². The van der Waals surface area contributed by atoms with Gasteiger partial charge in [0.15, 0.2) is 0 Å². The average molecular weight is 257 g/mol. The lowest BCUT2D eigenvalue weighted by atomic mass is 10.0. The summed E-state index contributed by atoms with van der Waals surface area (Å²) in [5, 5.41) is 6.16. The lowest BCUT2D eigenvalue weighted by Crippen LogP contribution is -2.12. The van der Waals surface area contributed by atoms with Crippen LogP contribution in [0.2, 0.25) is 0 Å². The fourth-order valence-electron chi connectivity index (χ4n) is 1.08. The Morgan fingerprint density at radius 3 is 2.62 bits per heavy atom. The van der Waals surface area contributed by atoms with Gasteiger partial charge in [-0.2, -0.15) is 18.3 Å². The van der Waals surface area contributed by atoms with Gasteiger partial charge >= 0.3 is 6.18 Å². The van der Waals surface area contributed by atoms with Gasteiger partial charge in [0, 0.05) is 5.92 Å². The number of halogens is 4. The van der Waals surface area contributed by atoms with Crippen LogP contribution >= 0.6 is 15.9 Å². The number of rotatable bonds is 2. The van der Waals surface area contributed by atoms with Gasteiger partial charge in [-0.1, -0.05) is 6.92 Å². The summed E-state index contributed by atoms with van der Waals surface area (Å²) in [4.78, 5) is 0. The van der Waals surface area contributed by atoms with Crippen molar-refractivity contribution >= 4 is 15.9 Å². The van der Waals surface area contributed by atoms with Gasteiger partial charge in [0.05, 0.1) is 22.8 Å². The van der Waals surface area contributed by atoms with Crippen molar-refractivity contribution in [2.24, 2.45) is 0 Å². The highest BCUT2D eigenvalue weighted by molar-refractivity contribution is 9.10. The van der Waals surface area contributed by atoms with E-state index in [4.69, 9.17) is 0 Å². The number of H-pyrrole nitrogens is 1. The molecule has 0 saturated carbocycles. The molecule has 1 aromatic rings. The Bertz CT molecular complexity index is 282. The van der Waals surface area contributed by atoms with E-state index >= 15 is 0 Å². The molecule has 1 heterocycles. The first-order valence-corrected chi connectivity index (χ1v) is 4.45. The van der Waals surface area contributed by atoms with Gasteiger partial charge in [-0.25, -0.2) is 0 Å². The zero-order valence-electron chi connectivity index (χ0n) is 6.82. The summed E-state index contributed by atoms with van der Waals surface area (Å²) in [5.74, 6) is -0.600. The van der Waals surface area contributed by atoms with Crippen LogP contribution in [0, 0.1) is 0 Å². The summed E-state index contributed by atoms with van der Waals surface area (Å²) >= 11 is 3.11. The second-order valence-corrected chi connectivity index (χ2v) is 3.71. The Morgan fingerprint density at radius 1 is 1.62 bits per heavy atom. The minimum absolute atomic E-state index is 0.484. The zero-order chi connectivity index (χ0) is 10.1. The monoisotopic (exact) mass is 256 g/mol. The van der Waals surface area contributed by atoms with Crippen molar-refractivity contribution in [2.45, 2.75) is 25.4 Å². The zero-order valence-corrected chi connectivity index (χ0v) is 8.41. The van der Waals surface area contributed by atoms with Crippen molar-refractivity contribution < 1.29 is 13.2 Å². The number of aromatic nitrogens is 2. The molecule has 1 aromatic heterocycles. The Balaban J connectivity index is 2.69. The number of nitrogens with one attached hydrogen (secondary N) is 1. The maximum Gasteiger partial charge on any atom is 0.389 e. The van der Waals surface area contributed by atoms with E-state index in [0.717, 1.165) is 0 Å². The van der Waals surface area contributed by atoms with E-state index < -0.39 is 18.5 Å². The number of hydrogen-bond acceptors (Lipinski definition) is 1. The van der Waals surface area contributed by atoms with Crippen LogP contribution in [0.5, 0.6) is 0 Å². The second kappa shape index (κ2) is 3.69. The Morgan fingerprint density at radius 2 is 2.23 bits per heavy atom. The molecule has 74 valence electrons. The van der Waals surface area contributed by atoms with Crippen LogP contribution in [0.4, 0.5) is 13.2 Å². The van der Waals surface area contributed by atoms with E-state index in [0.29, 0.717) is 10.2 Å². The maximum atomic E-state index is 12.0. The highest BCUT2D eigenvalue weighted by atomic mass is 79.9. The molecule has 6 heteroatoms. The third-order valence-corrected chi connectivity index (χ3v) is 2.28. The number of nitrogens with zero attached hydrogens (tertiary/aromatic N) is 1. The molecule has 0 bridgehead atoms. The van der Waals surface area contributed by atoms with E-state index in [1.807, 2.05) is 0 Å². The van der Waals surface area contributed by atoms with Crippen molar-refractivity contribution in [3.8, 4) is 0 Å². The molecule has 1 N–H and O–H groups in total. The van der Waals surface area contributed by atoms with E-state index in [9.17, 15) is 13.2 Å². The third kappa shape index (κ3) is 3.02. The van der Waals surface area contributed by atoms with Crippen LogP contribution in [0.25, 0.3) is 0 Å². The number of aromatic amines is 1. The van der Waals surface area contributed by atoms with Crippen molar-refractivity contribution in [3.05, 3.63) is 16.4 Å². The number of alkyl halides is 3. The molecule has 2 nitrogen and oxygen atoms in total. The van der Waals surface area contributed by atoms with Crippen LogP contribution in [-0.2, 0) is 0 Å². The van der Waals surface area contributed by atoms with Crippen molar-refractivity contribution in [1.29, 1.82) is 0 Å². The standard InChI is InChI=1S/C7H8BrF3N2/c1-4(2-7(9,10)11)6-5(8)3-12-13-6/h3-4H,2H2,1H3,(H,12,13). The Kier molecular flexibility index (Phi) is 3.00. The Hall–Kier alpha value is -0.520. The predicted molar refractivity (Wildman–Crippen MR) is 45.4 cm³/mol. The van der Waals surface area contributed by atoms with Gasteiger partial charge in [-0.05, 0) is 15.9 Å². The minimum atomic E-state index is -4.13. The first kappa shape index (κ1) is 10.6. The number of hydrogen-bond donors (Lipinski definition) is 1. The Labute approximate surface area is 81.7 Å². The lowest BCUT2D eigenvalue weighted by molar-refractivity contribution is -0.138. The van der Waals surface area contributed by atoms with Crippen LogP contribution in [-0.4, -0.2) is 16.4 Å². The predicted octanol–water partition coefficient (Wildman–Crippen LogP) is 3.23. The fraction of sp³-hybridized carbons (Fsp3) is 0.571. The summed E-state index contributed by atoms with van der Waals surface area (Å²) in [6.07, 6.45) is -3.53. The fourth-order valence-corrected chi connectivity index (χ4v) is 1.66. The van der Waals surface area contributed by atoms with E-state index in [-0.39, 0.29) is 0 Å². The first-order chi connectivity index (χ1) is 5.90. The van der Waals surface area contributed by atoms with Crippen molar-refractivity contribution in [3.63, 3.8) is 0 Å². The average Bonchev–Trinajstić information content (AvgIpc) is 2.30. The highest BCUT2D eigenvalue weighted by Crippen LogP contribution is 2.32. The largest absolute Gasteiger partial charge is 0.389 e. The molecule has 0 aliphatic heterocycles. The molecule has 0 spiro atoms. The quantitative estimate of drug-likeness (QED) is 0.865. The second-order valence-electron chi connectivity index (χ2n) is 2.85. The molecular formula is C7H8BrF3N2. The summed E-state index contributed by atoms with van der Waals surface area (Å²) in [7, 11) is 0. The summed E-state index contributed by atoms with van der Waals surface area (Å²) in [6.45, 7) is 1.51. The summed E-state index contributed by atoms with van der Waals surface area (Å²) < 4.78 is 36.5. The highest BCUT2D eigenvalue weighted by Gasteiger charge is 2.31. The van der Waals surface area contributed by atoms with E-state index in [2.05, 4.69) is 26.1 Å². The molecule has 1 atom stereocenters. The van der Waals surface area contributed by atoms with Gasteiger partial charge in [0.25, 0.3) is 0 Å². The molecule has 0 radical (unpaired) electrons. The van der Waals surface area contributed by atoms with E-state index in [1.165, 1.54) is 13.1 Å². The van der Waals surface area contributed by atoms with Crippen molar-refractivity contribution in [2.75, 3.05) is 0 Å². The smallest absolute Gasteiger partial charge is 0.281 e. The third-order valence-electron chi connectivity index (χ3n) is 1.65. The van der Waals surface area contributed by atoms with Crippen LogP contribution < -0.4 is 0 Å². The van der Waals surface area contributed by atoms with Gasteiger partial charge in [0.1, 0.15) is 0 Å². The summed E-state index contributed by atoms with van der Waals surface area (Å²) in [6, 6.07) is 0. The molecule has 1 rings (SSSR count). The molecule has 0 aliphatic carbocycles.